The van der Waals surface area contributed by atoms with Gasteiger partial charge in [0.05, 0.1) is 16.3 Å². The molecule has 0 spiro atoms. The Hall–Kier alpha value is -1.82. The van der Waals surface area contributed by atoms with Crippen LogP contribution in [-0.4, -0.2) is 105 Å². The number of carbonyl (C=O) groups is 1. The normalized spacial score (nSPS) is 23.5. The van der Waals surface area contributed by atoms with E-state index in [4.69, 9.17) is 23.2 Å². The maximum absolute atomic E-state index is 13.9. The quantitative estimate of drug-likeness (QED) is 0.431. The van der Waals surface area contributed by atoms with Crippen LogP contribution in [0, 0.1) is 11.6 Å². The fourth-order valence-electron chi connectivity index (χ4n) is 6.52. The molecule has 0 aliphatic carbocycles. The average molecular weight is 630 g/mol. The standard InChI is InChI=1S/C29H36Cl2F2N4O3S/c1-41(39,40)37-14-12-35(13-15-37)23-18-34(19-23)10-2-8-29(22-5-6-24(30)25(31)17-22)9-3-11-36(20-29)28(38)21-4-7-26(32)27(33)16-21/h4-7,16-17,23H,2-3,8-15,18-20H2,1H3. The molecule has 2 aromatic rings. The van der Waals surface area contributed by atoms with Gasteiger partial charge in [-0.15, -0.1) is 0 Å². The summed E-state index contributed by atoms with van der Waals surface area (Å²) < 4.78 is 52.5. The van der Waals surface area contributed by atoms with Crippen LogP contribution in [0.3, 0.4) is 0 Å². The number of piperazine rings is 1. The predicted molar refractivity (Wildman–Crippen MR) is 157 cm³/mol. The summed E-state index contributed by atoms with van der Waals surface area (Å²) in [5.41, 5.74) is 0.824. The van der Waals surface area contributed by atoms with Crippen molar-refractivity contribution in [2.45, 2.75) is 37.1 Å². The number of amides is 1. The molecular formula is C29H36Cl2F2N4O3S. The van der Waals surface area contributed by atoms with Gasteiger partial charge in [-0.2, -0.15) is 4.31 Å². The van der Waals surface area contributed by atoms with Crippen LogP contribution < -0.4 is 0 Å². The van der Waals surface area contributed by atoms with E-state index >= 15 is 0 Å². The van der Waals surface area contributed by atoms with E-state index in [1.807, 2.05) is 12.1 Å². The van der Waals surface area contributed by atoms with Crippen LogP contribution in [0.2, 0.25) is 10.0 Å². The molecule has 3 aliphatic heterocycles. The van der Waals surface area contributed by atoms with Crippen molar-refractivity contribution in [3.05, 3.63) is 69.2 Å². The third-order valence-corrected chi connectivity index (χ3v) is 10.9. The lowest BCUT2D eigenvalue weighted by Crippen LogP contribution is -2.63. The number of carbonyl (C=O) groups excluding carboxylic acids is 1. The van der Waals surface area contributed by atoms with Gasteiger partial charge >= 0.3 is 0 Å². The van der Waals surface area contributed by atoms with Crippen molar-refractivity contribution in [2.75, 3.05) is 65.2 Å². The SMILES string of the molecule is CS(=O)(=O)N1CCN(C2CN(CCCC3(c4ccc(Cl)c(Cl)c4)CCCN(C(=O)c4ccc(F)c(F)c4)C3)C2)CC1. The maximum Gasteiger partial charge on any atom is 0.253 e. The zero-order valence-corrected chi connectivity index (χ0v) is 25.5. The number of nitrogens with zero attached hydrogens (tertiary/aromatic N) is 4. The van der Waals surface area contributed by atoms with Gasteiger partial charge in [0.2, 0.25) is 10.0 Å². The maximum atomic E-state index is 13.9. The van der Waals surface area contributed by atoms with E-state index in [9.17, 15) is 22.0 Å². The Morgan fingerprint density at radius 2 is 1.71 bits per heavy atom. The highest BCUT2D eigenvalue weighted by molar-refractivity contribution is 7.88. The second-order valence-electron chi connectivity index (χ2n) is 11.6. The van der Waals surface area contributed by atoms with Crippen LogP contribution in [-0.2, 0) is 15.4 Å². The van der Waals surface area contributed by atoms with Crippen LogP contribution in [0.5, 0.6) is 0 Å². The molecule has 1 unspecified atom stereocenters. The van der Waals surface area contributed by atoms with Crippen LogP contribution in [0.4, 0.5) is 8.78 Å². The molecule has 0 radical (unpaired) electrons. The highest BCUT2D eigenvalue weighted by atomic mass is 35.5. The number of hydrogen-bond acceptors (Lipinski definition) is 5. The van der Waals surface area contributed by atoms with Gasteiger partial charge in [0, 0.05) is 69.4 Å². The fourth-order valence-corrected chi connectivity index (χ4v) is 7.65. The smallest absolute Gasteiger partial charge is 0.253 e. The van der Waals surface area contributed by atoms with E-state index in [0.717, 1.165) is 76.1 Å². The van der Waals surface area contributed by atoms with E-state index < -0.39 is 21.7 Å². The molecule has 2 aromatic carbocycles. The molecule has 1 amide bonds. The molecule has 0 aromatic heterocycles. The first-order valence-electron chi connectivity index (χ1n) is 14.1. The van der Waals surface area contributed by atoms with Gasteiger partial charge in [-0.3, -0.25) is 9.69 Å². The molecule has 7 nitrogen and oxygen atoms in total. The number of benzene rings is 2. The number of hydrogen-bond donors (Lipinski definition) is 0. The van der Waals surface area contributed by atoms with Gasteiger partial charge in [-0.05, 0) is 68.1 Å². The lowest BCUT2D eigenvalue weighted by Gasteiger charge is -2.48. The van der Waals surface area contributed by atoms with Crippen molar-refractivity contribution in [1.82, 2.24) is 19.0 Å². The molecule has 3 fully saturated rings. The minimum atomic E-state index is -3.14. The minimum absolute atomic E-state index is 0.137. The lowest BCUT2D eigenvalue weighted by molar-refractivity contribution is 0.0147. The molecule has 0 saturated carbocycles. The number of rotatable bonds is 8. The van der Waals surface area contributed by atoms with Gasteiger partial charge in [0.1, 0.15) is 0 Å². The highest BCUT2D eigenvalue weighted by Crippen LogP contribution is 2.41. The second kappa shape index (κ2) is 12.4. The zero-order chi connectivity index (χ0) is 29.4. The summed E-state index contributed by atoms with van der Waals surface area (Å²) in [7, 11) is -3.14. The van der Waals surface area contributed by atoms with E-state index in [1.165, 1.54) is 12.3 Å². The molecule has 3 saturated heterocycles. The molecule has 5 rings (SSSR count). The largest absolute Gasteiger partial charge is 0.338 e. The Labute approximate surface area is 251 Å². The average Bonchev–Trinajstić information content (AvgIpc) is 2.92. The monoisotopic (exact) mass is 628 g/mol. The first kappa shape index (κ1) is 30.6. The van der Waals surface area contributed by atoms with Crippen LogP contribution >= 0.6 is 23.2 Å². The van der Waals surface area contributed by atoms with Crippen LogP contribution in [0.15, 0.2) is 36.4 Å². The summed E-state index contributed by atoms with van der Waals surface area (Å²) in [6.07, 6.45) is 4.67. The molecule has 41 heavy (non-hydrogen) atoms. The molecular weight excluding hydrogens is 593 g/mol. The second-order valence-corrected chi connectivity index (χ2v) is 14.4. The third kappa shape index (κ3) is 6.89. The summed E-state index contributed by atoms with van der Waals surface area (Å²) in [5.74, 6) is -2.32. The van der Waals surface area contributed by atoms with Gasteiger partial charge in [0.15, 0.2) is 11.6 Å². The van der Waals surface area contributed by atoms with Crippen molar-refractivity contribution in [2.24, 2.45) is 0 Å². The Balaban J connectivity index is 1.22. The summed E-state index contributed by atoms with van der Waals surface area (Å²) in [5, 5.41) is 0.939. The molecule has 3 aliphatic rings. The van der Waals surface area contributed by atoms with Gasteiger partial charge < -0.3 is 9.80 Å². The third-order valence-electron chi connectivity index (χ3n) is 8.89. The number of halogens is 4. The van der Waals surface area contributed by atoms with Crippen molar-refractivity contribution >= 4 is 39.1 Å². The molecule has 1 atom stereocenters. The van der Waals surface area contributed by atoms with E-state index in [2.05, 4.69) is 9.80 Å². The molecule has 12 heteroatoms. The number of piperidine rings is 1. The Morgan fingerprint density at radius 3 is 2.37 bits per heavy atom. The fraction of sp³-hybridized carbons (Fsp3) is 0.552. The molecule has 3 heterocycles. The summed E-state index contributed by atoms with van der Waals surface area (Å²) in [6.45, 7) is 6.43. The van der Waals surface area contributed by atoms with Gasteiger partial charge in [-0.1, -0.05) is 29.3 Å². The van der Waals surface area contributed by atoms with E-state index in [0.29, 0.717) is 42.3 Å². The van der Waals surface area contributed by atoms with Gasteiger partial charge in [0.25, 0.3) is 5.91 Å². The number of sulfonamides is 1. The number of likely N-dealkylation sites (tertiary alicyclic amines) is 2. The van der Waals surface area contributed by atoms with Crippen molar-refractivity contribution < 1.29 is 22.0 Å². The Morgan fingerprint density at radius 1 is 0.976 bits per heavy atom. The van der Waals surface area contributed by atoms with Crippen molar-refractivity contribution in [3.8, 4) is 0 Å². The first-order chi connectivity index (χ1) is 19.4. The Bertz CT molecular complexity index is 1380. The zero-order valence-electron chi connectivity index (χ0n) is 23.2. The summed E-state index contributed by atoms with van der Waals surface area (Å²) in [6, 6.07) is 9.40. The van der Waals surface area contributed by atoms with E-state index in [-0.39, 0.29) is 16.9 Å². The van der Waals surface area contributed by atoms with Crippen molar-refractivity contribution in [1.29, 1.82) is 0 Å². The van der Waals surface area contributed by atoms with Crippen LogP contribution in [0.25, 0.3) is 0 Å². The Kier molecular flexibility index (Phi) is 9.28. The van der Waals surface area contributed by atoms with Crippen LogP contribution in [0.1, 0.15) is 41.6 Å². The van der Waals surface area contributed by atoms with Gasteiger partial charge in [-0.25, -0.2) is 17.2 Å². The molecule has 224 valence electrons. The summed E-state index contributed by atoms with van der Waals surface area (Å²) in [4.78, 5) is 19.9. The predicted octanol–water partition coefficient (Wildman–Crippen LogP) is 4.49. The van der Waals surface area contributed by atoms with Crippen molar-refractivity contribution in [3.63, 3.8) is 0 Å². The first-order valence-corrected chi connectivity index (χ1v) is 16.7. The topological polar surface area (TPSA) is 64.2 Å². The summed E-state index contributed by atoms with van der Waals surface area (Å²) >= 11 is 12.6. The van der Waals surface area contributed by atoms with E-state index in [1.54, 1.807) is 15.3 Å². The molecule has 0 bridgehead atoms. The minimum Gasteiger partial charge on any atom is -0.338 e. The highest BCUT2D eigenvalue weighted by Gasteiger charge is 2.40. The molecule has 0 N–H and O–H groups in total. The lowest BCUT2D eigenvalue weighted by atomic mass is 9.70.